The summed E-state index contributed by atoms with van der Waals surface area (Å²) in [4.78, 5) is 0.140. The highest BCUT2D eigenvalue weighted by Gasteiger charge is 2.40. The fraction of sp³-hybridized carbons (Fsp3) is 0.571. The highest BCUT2D eigenvalue weighted by molar-refractivity contribution is 7.92. The smallest absolute Gasteiger partial charge is 0.229 e. The van der Waals surface area contributed by atoms with Gasteiger partial charge in [-0.25, -0.2) is 16.8 Å². The molecule has 0 spiro atoms. The van der Waals surface area contributed by atoms with Crippen molar-refractivity contribution in [2.45, 2.75) is 43.7 Å². The first-order valence-corrected chi connectivity index (χ1v) is 10.8. The van der Waals surface area contributed by atoms with Crippen molar-refractivity contribution in [3.05, 3.63) is 29.3 Å². The minimum Gasteiger partial charge on any atom is -0.229 e. The molecule has 22 heavy (non-hydrogen) atoms. The third-order valence-corrected chi connectivity index (χ3v) is 8.07. The molecule has 0 N–H and O–H groups in total. The van der Waals surface area contributed by atoms with Gasteiger partial charge in [-0.3, -0.25) is 0 Å². The predicted octanol–water partition coefficient (Wildman–Crippen LogP) is 2.32. The van der Waals surface area contributed by atoms with Crippen LogP contribution >= 0.6 is 11.6 Å². The molecule has 1 fully saturated rings. The van der Waals surface area contributed by atoms with E-state index in [0.717, 1.165) is 0 Å². The lowest BCUT2D eigenvalue weighted by molar-refractivity contribution is 0.271. The molecule has 0 amide bonds. The van der Waals surface area contributed by atoms with Crippen molar-refractivity contribution in [3.63, 3.8) is 0 Å². The van der Waals surface area contributed by atoms with E-state index in [1.807, 2.05) is 6.92 Å². The number of sulfonamides is 1. The Bertz CT molecular complexity index is 729. The van der Waals surface area contributed by atoms with Crippen LogP contribution in [0.25, 0.3) is 0 Å². The minimum atomic E-state index is -3.75. The van der Waals surface area contributed by atoms with E-state index in [9.17, 15) is 16.8 Å². The second-order valence-corrected chi connectivity index (χ2v) is 10.1. The van der Waals surface area contributed by atoms with Crippen molar-refractivity contribution in [2.24, 2.45) is 0 Å². The summed E-state index contributed by atoms with van der Waals surface area (Å²) < 4.78 is 50.7. The number of nitrogens with zero attached hydrogens (tertiary/aromatic N) is 1. The molecule has 0 unspecified atom stereocenters. The third kappa shape index (κ3) is 3.64. The number of rotatable bonds is 5. The van der Waals surface area contributed by atoms with Gasteiger partial charge in [-0.2, -0.15) is 4.31 Å². The molecule has 5 nitrogen and oxygen atoms in total. The second kappa shape index (κ2) is 6.47. The molecular formula is C14H20ClNO4S2. The van der Waals surface area contributed by atoms with E-state index in [4.69, 9.17) is 11.6 Å². The van der Waals surface area contributed by atoms with Crippen molar-refractivity contribution >= 4 is 31.5 Å². The quantitative estimate of drug-likeness (QED) is 0.802. The van der Waals surface area contributed by atoms with Crippen LogP contribution in [0.4, 0.5) is 0 Å². The predicted molar refractivity (Wildman–Crippen MR) is 87.3 cm³/mol. The Morgan fingerprint density at radius 3 is 2.36 bits per heavy atom. The van der Waals surface area contributed by atoms with Crippen LogP contribution in [-0.4, -0.2) is 44.7 Å². The van der Waals surface area contributed by atoms with Crippen LogP contribution in [0.15, 0.2) is 29.2 Å². The third-order valence-electron chi connectivity index (χ3n) is 3.98. The summed E-state index contributed by atoms with van der Waals surface area (Å²) in [5.74, 6) is -0.0646. The van der Waals surface area contributed by atoms with Gasteiger partial charge in [-0.15, -0.1) is 0 Å². The monoisotopic (exact) mass is 365 g/mol. The Hall–Kier alpha value is -0.630. The normalized spacial score (nSPS) is 22.8. The van der Waals surface area contributed by atoms with E-state index in [2.05, 4.69) is 0 Å². The van der Waals surface area contributed by atoms with Gasteiger partial charge >= 0.3 is 0 Å². The average Bonchev–Trinajstić information content (AvgIpc) is 2.78. The van der Waals surface area contributed by atoms with Gasteiger partial charge in [0, 0.05) is 17.1 Å². The Morgan fingerprint density at radius 1 is 1.32 bits per heavy atom. The highest BCUT2D eigenvalue weighted by Crippen LogP contribution is 2.28. The molecule has 2 rings (SSSR count). The number of benzene rings is 1. The summed E-state index contributed by atoms with van der Waals surface area (Å²) in [6, 6.07) is 5.19. The van der Waals surface area contributed by atoms with Crippen molar-refractivity contribution in [1.82, 2.24) is 4.31 Å². The summed E-state index contributed by atoms with van der Waals surface area (Å²) in [6.45, 7) is 3.69. The fourth-order valence-electron chi connectivity index (χ4n) is 2.68. The lowest BCUT2D eigenvalue weighted by Gasteiger charge is -2.32. The largest absolute Gasteiger partial charge is 0.243 e. The van der Waals surface area contributed by atoms with Crippen molar-refractivity contribution in [2.75, 3.05) is 11.5 Å². The molecule has 1 aromatic rings. The molecule has 8 heteroatoms. The Kier molecular flexibility index (Phi) is 5.21. The first-order chi connectivity index (χ1) is 10.2. The SMILES string of the molecule is CC[C@H](C)N([C@H]1CCS(=O)(=O)C1)S(=O)(=O)c1ccc(Cl)cc1. The molecule has 1 heterocycles. The van der Waals surface area contributed by atoms with E-state index in [-0.39, 0.29) is 22.4 Å². The molecule has 1 saturated heterocycles. The van der Waals surface area contributed by atoms with Crippen LogP contribution in [0.1, 0.15) is 26.7 Å². The van der Waals surface area contributed by atoms with E-state index >= 15 is 0 Å². The second-order valence-electron chi connectivity index (χ2n) is 5.60. The van der Waals surface area contributed by atoms with Gasteiger partial charge in [0.2, 0.25) is 10.0 Å². The highest BCUT2D eigenvalue weighted by atomic mass is 35.5. The molecular weight excluding hydrogens is 346 g/mol. The van der Waals surface area contributed by atoms with Crippen molar-refractivity contribution in [3.8, 4) is 0 Å². The van der Waals surface area contributed by atoms with Gasteiger partial charge in [-0.1, -0.05) is 18.5 Å². The summed E-state index contributed by atoms with van der Waals surface area (Å²) in [5, 5.41) is 0.456. The van der Waals surface area contributed by atoms with Gasteiger partial charge in [0.25, 0.3) is 0 Å². The molecule has 1 aliphatic rings. The first kappa shape index (κ1) is 17.7. The van der Waals surface area contributed by atoms with Crippen molar-refractivity contribution in [1.29, 1.82) is 0 Å². The maximum atomic E-state index is 12.9. The molecule has 0 radical (unpaired) electrons. The number of hydrogen-bond acceptors (Lipinski definition) is 4. The van der Waals surface area contributed by atoms with Crippen molar-refractivity contribution < 1.29 is 16.8 Å². The van der Waals surface area contributed by atoms with Crippen LogP contribution in [-0.2, 0) is 19.9 Å². The first-order valence-electron chi connectivity index (χ1n) is 7.17. The van der Waals surface area contributed by atoms with Gasteiger partial charge in [0.15, 0.2) is 9.84 Å². The standard InChI is InChI=1S/C14H20ClNO4S2/c1-3-11(2)16(13-8-9-21(17,18)10-13)22(19,20)14-6-4-12(15)5-7-14/h4-7,11,13H,3,8-10H2,1-2H3/t11-,13-/m0/s1. The number of hydrogen-bond donors (Lipinski definition) is 0. The van der Waals surface area contributed by atoms with Gasteiger partial charge in [0.05, 0.1) is 16.4 Å². The number of halogens is 1. The molecule has 2 atom stereocenters. The lowest BCUT2D eigenvalue weighted by atomic mass is 10.2. The fourth-order valence-corrected chi connectivity index (χ4v) is 6.53. The minimum absolute atomic E-state index is 0.0424. The molecule has 0 aromatic heterocycles. The molecule has 1 aliphatic heterocycles. The van der Waals surface area contributed by atoms with Gasteiger partial charge in [0.1, 0.15) is 0 Å². The molecule has 0 aliphatic carbocycles. The van der Waals surface area contributed by atoms with E-state index < -0.39 is 25.9 Å². The molecule has 124 valence electrons. The summed E-state index contributed by atoms with van der Waals surface area (Å²) in [6.07, 6.45) is 0.961. The topological polar surface area (TPSA) is 71.5 Å². The zero-order valence-electron chi connectivity index (χ0n) is 12.6. The Balaban J connectivity index is 2.43. The summed E-state index contributed by atoms with van der Waals surface area (Å²) >= 11 is 5.81. The molecule has 0 bridgehead atoms. The van der Waals surface area contributed by atoms with Crippen LogP contribution in [0.5, 0.6) is 0 Å². The van der Waals surface area contributed by atoms with Crippen LogP contribution in [0.3, 0.4) is 0 Å². The van der Waals surface area contributed by atoms with Crippen LogP contribution in [0, 0.1) is 0 Å². The maximum absolute atomic E-state index is 12.9. The van der Waals surface area contributed by atoms with Gasteiger partial charge < -0.3 is 0 Å². The molecule has 0 saturated carbocycles. The van der Waals surface area contributed by atoms with Crippen LogP contribution < -0.4 is 0 Å². The van der Waals surface area contributed by atoms with Crippen LogP contribution in [0.2, 0.25) is 5.02 Å². The Labute approximate surface area is 137 Å². The summed E-state index contributed by atoms with van der Waals surface area (Å²) in [5.41, 5.74) is 0. The molecule has 1 aromatic carbocycles. The number of sulfone groups is 1. The maximum Gasteiger partial charge on any atom is 0.243 e. The van der Waals surface area contributed by atoms with Gasteiger partial charge in [-0.05, 0) is 44.0 Å². The zero-order valence-corrected chi connectivity index (χ0v) is 15.0. The Morgan fingerprint density at radius 2 is 1.91 bits per heavy atom. The zero-order chi connectivity index (χ0) is 16.5. The average molecular weight is 366 g/mol. The van der Waals surface area contributed by atoms with E-state index in [1.165, 1.54) is 28.6 Å². The van der Waals surface area contributed by atoms with E-state index in [1.54, 1.807) is 6.92 Å². The van der Waals surface area contributed by atoms with E-state index in [0.29, 0.717) is 17.9 Å². The summed E-state index contributed by atoms with van der Waals surface area (Å²) in [7, 11) is -6.91. The lowest BCUT2D eigenvalue weighted by Crippen LogP contribution is -2.46.